The van der Waals surface area contributed by atoms with Gasteiger partial charge in [-0.05, 0) is 30.9 Å². The Morgan fingerprint density at radius 2 is 1.75 bits per heavy atom. The number of nitrogens with zero attached hydrogens (tertiary/aromatic N) is 2. The fourth-order valence-corrected chi connectivity index (χ4v) is 3.26. The summed E-state index contributed by atoms with van der Waals surface area (Å²) in [7, 11) is 0. The van der Waals surface area contributed by atoms with Gasteiger partial charge in [-0.15, -0.1) is 0 Å². The lowest BCUT2D eigenvalue weighted by atomic mass is 9.86. The predicted molar refractivity (Wildman–Crippen MR) is 91.5 cm³/mol. The molecular formula is C19H20N2O3. The summed E-state index contributed by atoms with van der Waals surface area (Å²) in [6.45, 7) is 2.68. The third-order valence-electron chi connectivity index (χ3n) is 4.69. The number of amides is 1. The Morgan fingerprint density at radius 3 is 2.38 bits per heavy atom. The first-order chi connectivity index (χ1) is 11.6. The van der Waals surface area contributed by atoms with Gasteiger partial charge in [0, 0.05) is 24.7 Å². The fourth-order valence-electron chi connectivity index (χ4n) is 3.26. The molecule has 1 amide bonds. The number of carbonyl (C=O) groups is 1. The Hall–Kier alpha value is -2.69. The van der Waals surface area contributed by atoms with Crippen molar-refractivity contribution in [3.8, 4) is 0 Å². The summed E-state index contributed by atoms with van der Waals surface area (Å²) >= 11 is 0. The van der Waals surface area contributed by atoms with Gasteiger partial charge in [0.05, 0.1) is 10.8 Å². The van der Waals surface area contributed by atoms with Gasteiger partial charge >= 0.3 is 0 Å². The Bertz CT molecular complexity index is 728. The molecule has 0 spiro atoms. The van der Waals surface area contributed by atoms with Gasteiger partial charge in [0.2, 0.25) is 5.91 Å². The summed E-state index contributed by atoms with van der Waals surface area (Å²) < 4.78 is 0. The van der Waals surface area contributed by atoms with Crippen LogP contribution in [0.25, 0.3) is 0 Å². The van der Waals surface area contributed by atoms with Crippen LogP contribution in [0.5, 0.6) is 0 Å². The maximum Gasteiger partial charge on any atom is 0.269 e. The van der Waals surface area contributed by atoms with Gasteiger partial charge in [-0.1, -0.05) is 42.5 Å². The van der Waals surface area contributed by atoms with Crippen LogP contribution in [0.2, 0.25) is 0 Å². The van der Waals surface area contributed by atoms with Crippen LogP contribution in [0.4, 0.5) is 5.69 Å². The Labute approximate surface area is 141 Å². The van der Waals surface area contributed by atoms with E-state index in [4.69, 9.17) is 0 Å². The van der Waals surface area contributed by atoms with Crippen molar-refractivity contribution >= 4 is 11.6 Å². The van der Waals surface area contributed by atoms with Gasteiger partial charge in [0.1, 0.15) is 0 Å². The van der Waals surface area contributed by atoms with Crippen LogP contribution in [0.15, 0.2) is 54.6 Å². The number of piperidine rings is 1. The maximum absolute atomic E-state index is 13.0. The zero-order chi connectivity index (χ0) is 17.1. The summed E-state index contributed by atoms with van der Waals surface area (Å²) in [5, 5.41) is 10.8. The number of carbonyl (C=O) groups excluding carboxylic acids is 1. The first-order valence-electron chi connectivity index (χ1n) is 8.15. The van der Waals surface area contributed by atoms with Crippen molar-refractivity contribution in [1.29, 1.82) is 0 Å². The molecule has 2 unspecified atom stereocenters. The van der Waals surface area contributed by atoms with E-state index in [1.54, 1.807) is 12.1 Å². The largest absolute Gasteiger partial charge is 0.335 e. The molecule has 1 aliphatic rings. The van der Waals surface area contributed by atoms with E-state index >= 15 is 0 Å². The zero-order valence-corrected chi connectivity index (χ0v) is 13.6. The van der Waals surface area contributed by atoms with Crippen molar-refractivity contribution in [1.82, 2.24) is 4.90 Å². The lowest BCUT2D eigenvalue weighted by Gasteiger charge is -2.38. The van der Waals surface area contributed by atoms with Crippen LogP contribution in [0.3, 0.4) is 0 Å². The molecule has 1 fully saturated rings. The van der Waals surface area contributed by atoms with Crippen LogP contribution in [-0.2, 0) is 11.3 Å². The van der Waals surface area contributed by atoms with Crippen molar-refractivity contribution in [3.05, 3.63) is 75.8 Å². The van der Waals surface area contributed by atoms with Gasteiger partial charge in [0.25, 0.3) is 5.69 Å². The van der Waals surface area contributed by atoms with E-state index in [0.717, 1.165) is 24.0 Å². The first-order valence-corrected chi connectivity index (χ1v) is 8.15. The van der Waals surface area contributed by atoms with E-state index in [2.05, 4.69) is 6.92 Å². The molecule has 0 radical (unpaired) electrons. The number of non-ortho nitro benzene ring substituents is 1. The highest BCUT2D eigenvalue weighted by Crippen LogP contribution is 2.33. The van der Waals surface area contributed by atoms with Crippen molar-refractivity contribution in [3.63, 3.8) is 0 Å². The summed E-state index contributed by atoms with van der Waals surface area (Å²) in [6, 6.07) is 16.5. The standard InChI is InChI=1S/C19H20N2O3/c1-14-7-12-18(16-8-10-17(11-9-16)21(23)24)19(22)20(14)13-15-5-3-2-4-6-15/h2-6,8-11,14,18H,7,12-13H2,1H3. The van der Waals surface area contributed by atoms with Crippen LogP contribution in [0, 0.1) is 10.1 Å². The number of hydrogen-bond acceptors (Lipinski definition) is 3. The number of nitro benzene ring substituents is 1. The van der Waals surface area contributed by atoms with Crippen LogP contribution < -0.4 is 0 Å². The molecule has 1 heterocycles. The topological polar surface area (TPSA) is 63.5 Å². The number of benzene rings is 2. The van der Waals surface area contributed by atoms with Gasteiger partial charge in [-0.25, -0.2) is 0 Å². The van der Waals surface area contributed by atoms with Crippen LogP contribution >= 0.6 is 0 Å². The molecule has 124 valence electrons. The van der Waals surface area contributed by atoms with E-state index in [1.807, 2.05) is 35.2 Å². The second kappa shape index (κ2) is 6.83. The summed E-state index contributed by atoms with van der Waals surface area (Å²) in [4.78, 5) is 25.2. The maximum atomic E-state index is 13.0. The molecule has 0 saturated carbocycles. The zero-order valence-electron chi connectivity index (χ0n) is 13.6. The smallest absolute Gasteiger partial charge is 0.269 e. The quantitative estimate of drug-likeness (QED) is 0.633. The number of rotatable bonds is 4. The summed E-state index contributed by atoms with van der Waals surface area (Å²) in [5.74, 6) is -0.114. The first kappa shape index (κ1) is 16.2. The predicted octanol–water partition coefficient (Wildman–Crippen LogP) is 3.89. The highest BCUT2D eigenvalue weighted by molar-refractivity contribution is 5.84. The second-order valence-corrected chi connectivity index (χ2v) is 6.28. The molecule has 24 heavy (non-hydrogen) atoms. The molecule has 3 rings (SSSR count). The molecule has 0 aromatic heterocycles. The lowest BCUT2D eigenvalue weighted by molar-refractivity contribution is -0.384. The average Bonchev–Trinajstić information content (AvgIpc) is 2.60. The van der Waals surface area contributed by atoms with Gasteiger partial charge in [-0.2, -0.15) is 0 Å². The van der Waals surface area contributed by atoms with Crippen molar-refractivity contribution < 1.29 is 9.72 Å². The Morgan fingerprint density at radius 1 is 1.08 bits per heavy atom. The Kier molecular flexibility index (Phi) is 4.60. The molecule has 1 saturated heterocycles. The van der Waals surface area contributed by atoms with Crippen LogP contribution in [0.1, 0.15) is 36.8 Å². The molecule has 0 N–H and O–H groups in total. The third kappa shape index (κ3) is 3.30. The SMILES string of the molecule is CC1CCC(c2ccc([N+](=O)[O-])cc2)C(=O)N1Cc1ccccc1. The molecule has 1 aliphatic heterocycles. The minimum absolute atomic E-state index is 0.0523. The van der Waals surface area contributed by atoms with E-state index in [-0.39, 0.29) is 23.6 Å². The van der Waals surface area contributed by atoms with Gasteiger partial charge in [-0.3, -0.25) is 14.9 Å². The van der Waals surface area contributed by atoms with Crippen LogP contribution in [-0.4, -0.2) is 21.8 Å². The molecular weight excluding hydrogens is 304 g/mol. The van der Waals surface area contributed by atoms with Crippen molar-refractivity contribution in [2.75, 3.05) is 0 Å². The average molecular weight is 324 g/mol. The van der Waals surface area contributed by atoms with Gasteiger partial charge in [0.15, 0.2) is 0 Å². The van der Waals surface area contributed by atoms with E-state index < -0.39 is 4.92 Å². The number of likely N-dealkylation sites (tertiary alicyclic amines) is 1. The summed E-state index contributed by atoms with van der Waals surface area (Å²) in [5.41, 5.74) is 2.02. The summed E-state index contributed by atoms with van der Waals surface area (Å²) in [6.07, 6.45) is 1.71. The highest BCUT2D eigenvalue weighted by Gasteiger charge is 2.34. The molecule has 0 bridgehead atoms. The third-order valence-corrected chi connectivity index (χ3v) is 4.69. The second-order valence-electron chi connectivity index (χ2n) is 6.28. The number of nitro groups is 1. The minimum atomic E-state index is -0.420. The van der Waals surface area contributed by atoms with E-state index in [0.29, 0.717) is 6.54 Å². The van der Waals surface area contributed by atoms with E-state index in [9.17, 15) is 14.9 Å². The molecule has 5 heteroatoms. The van der Waals surface area contributed by atoms with E-state index in [1.165, 1.54) is 12.1 Å². The lowest BCUT2D eigenvalue weighted by Crippen LogP contribution is -2.45. The molecule has 5 nitrogen and oxygen atoms in total. The molecule has 2 aromatic carbocycles. The Balaban J connectivity index is 1.80. The van der Waals surface area contributed by atoms with Gasteiger partial charge < -0.3 is 4.90 Å². The normalized spacial score (nSPS) is 20.9. The minimum Gasteiger partial charge on any atom is -0.335 e. The van der Waals surface area contributed by atoms with Crippen molar-refractivity contribution in [2.24, 2.45) is 0 Å². The van der Waals surface area contributed by atoms with Crippen molar-refractivity contribution in [2.45, 2.75) is 38.3 Å². The monoisotopic (exact) mass is 324 g/mol. The molecule has 2 aromatic rings. The highest BCUT2D eigenvalue weighted by atomic mass is 16.6. The number of hydrogen-bond donors (Lipinski definition) is 0. The molecule has 0 aliphatic carbocycles. The fraction of sp³-hybridized carbons (Fsp3) is 0.316. The molecule has 2 atom stereocenters.